The first-order chi connectivity index (χ1) is 14.0. The van der Waals surface area contributed by atoms with Gasteiger partial charge < -0.3 is 9.47 Å². The number of benzene rings is 2. The van der Waals surface area contributed by atoms with E-state index in [9.17, 15) is 9.59 Å². The molecule has 148 valence electrons. The summed E-state index contributed by atoms with van der Waals surface area (Å²) in [5, 5.41) is 6.45. The number of ether oxygens (including phenoxy) is 2. The van der Waals surface area contributed by atoms with Gasteiger partial charge in [-0.1, -0.05) is 41.4 Å². The van der Waals surface area contributed by atoms with Gasteiger partial charge in [0.05, 0.1) is 11.2 Å². The predicted octanol–water partition coefficient (Wildman–Crippen LogP) is 4.80. The van der Waals surface area contributed by atoms with Crippen molar-refractivity contribution >= 4 is 52.6 Å². The molecule has 1 amide bonds. The molecule has 0 unspecified atom stereocenters. The summed E-state index contributed by atoms with van der Waals surface area (Å²) in [4.78, 5) is 24.4. The Morgan fingerprint density at radius 2 is 1.97 bits per heavy atom. The second-order valence-electron chi connectivity index (χ2n) is 5.60. The Kier molecular flexibility index (Phi) is 7.24. The lowest BCUT2D eigenvalue weighted by Crippen LogP contribution is -2.24. The molecule has 0 aliphatic heterocycles. The summed E-state index contributed by atoms with van der Waals surface area (Å²) in [5.74, 6) is -0.229. The molecular formula is C20H14Cl2N2O4S. The monoisotopic (exact) mass is 448 g/mol. The van der Waals surface area contributed by atoms with Gasteiger partial charge in [-0.2, -0.15) is 5.10 Å². The van der Waals surface area contributed by atoms with Gasteiger partial charge in [0.1, 0.15) is 16.4 Å². The van der Waals surface area contributed by atoms with Crippen LogP contribution in [0, 0.1) is 0 Å². The van der Waals surface area contributed by atoms with Crippen LogP contribution in [0.15, 0.2) is 65.1 Å². The van der Waals surface area contributed by atoms with Crippen molar-refractivity contribution in [3.8, 4) is 11.5 Å². The zero-order valence-electron chi connectivity index (χ0n) is 14.8. The molecule has 0 spiro atoms. The van der Waals surface area contributed by atoms with Crippen LogP contribution in [0.1, 0.15) is 15.2 Å². The van der Waals surface area contributed by atoms with Gasteiger partial charge in [-0.25, -0.2) is 10.2 Å². The van der Waals surface area contributed by atoms with Crippen molar-refractivity contribution in [2.24, 2.45) is 5.10 Å². The molecular weight excluding hydrogens is 435 g/mol. The van der Waals surface area contributed by atoms with Gasteiger partial charge in [-0.15, -0.1) is 11.3 Å². The highest BCUT2D eigenvalue weighted by atomic mass is 35.5. The molecule has 3 rings (SSSR count). The van der Waals surface area contributed by atoms with Crippen LogP contribution in [-0.2, 0) is 4.79 Å². The fraction of sp³-hybridized carbons (Fsp3) is 0.0500. The Balaban J connectivity index is 1.51. The third-order valence-electron chi connectivity index (χ3n) is 3.45. The van der Waals surface area contributed by atoms with Crippen molar-refractivity contribution in [1.82, 2.24) is 5.43 Å². The smallest absolute Gasteiger partial charge is 0.353 e. The normalized spacial score (nSPS) is 10.7. The molecule has 2 aromatic carbocycles. The maximum absolute atomic E-state index is 12.0. The first-order valence-corrected chi connectivity index (χ1v) is 9.90. The largest absolute Gasteiger partial charge is 0.482 e. The zero-order valence-corrected chi connectivity index (χ0v) is 17.1. The number of esters is 1. The van der Waals surface area contributed by atoms with E-state index in [1.54, 1.807) is 53.9 Å². The maximum atomic E-state index is 12.0. The number of carbonyl (C=O) groups excluding carboxylic acids is 2. The van der Waals surface area contributed by atoms with Crippen molar-refractivity contribution in [2.75, 3.05) is 6.61 Å². The summed E-state index contributed by atoms with van der Waals surface area (Å²) in [6.45, 7) is -0.282. The minimum Gasteiger partial charge on any atom is -0.482 e. The summed E-state index contributed by atoms with van der Waals surface area (Å²) in [6, 6.07) is 14.9. The standard InChI is InChI=1S/C20H14Cl2N2O4S/c21-14-6-7-16(22)17(10-14)27-12-19(25)24-23-11-13-3-1-4-15(9-13)28-20(26)18-5-2-8-29-18/h1-11H,12H2,(H,24,25)/b23-11+. The average Bonchev–Trinajstić information content (AvgIpc) is 3.24. The van der Waals surface area contributed by atoms with Crippen LogP contribution in [0.3, 0.4) is 0 Å². The number of thiophene rings is 1. The Hall–Kier alpha value is -2.87. The molecule has 1 heterocycles. The molecule has 0 bridgehead atoms. The fourth-order valence-corrected chi connectivity index (χ4v) is 3.09. The molecule has 1 aromatic heterocycles. The second-order valence-corrected chi connectivity index (χ2v) is 7.39. The van der Waals surface area contributed by atoms with Crippen LogP contribution in [0.5, 0.6) is 11.5 Å². The minimum absolute atomic E-state index is 0.282. The van der Waals surface area contributed by atoms with Gasteiger partial charge in [-0.3, -0.25) is 4.79 Å². The third kappa shape index (κ3) is 6.32. The average molecular weight is 449 g/mol. The summed E-state index contributed by atoms with van der Waals surface area (Å²) < 4.78 is 10.6. The summed E-state index contributed by atoms with van der Waals surface area (Å²) in [7, 11) is 0. The molecule has 0 fully saturated rings. The summed E-state index contributed by atoms with van der Waals surface area (Å²) in [5.41, 5.74) is 2.98. The van der Waals surface area contributed by atoms with Gasteiger partial charge in [-0.05, 0) is 41.3 Å². The lowest BCUT2D eigenvalue weighted by Gasteiger charge is -2.07. The summed E-state index contributed by atoms with van der Waals surface area (Å²) in [6.07, 6.45) is 1.42. The van der Waals surface area contributed by atoms with Crippen LogP contribution >= 0.6 is 34.5 Å². The molecule has 0 saturated heterocycles. The van der Waals surface area contributed by atoms with Crippen LogP contribution in [0.4, 0.5) is 0 Å². The summed E-state index contributed by atoms with van der Waals surface area (Å²) >= 11 is 13.1. The number of hydrogen-bond donors (Lipinski definition) is 1. The molecule has 0 radical (unpaired) electrons. The van der Waals surface area contributed by atoms with E-state index in [2.05, 4.69) is 10.5 Å². The van der Waals surface area contributed by atoms with Crippen molar-refractivity contribution in [2.45, 2.75) is 0 Å². The van der Waals surface area contributed by atoms with E-state index in [-0.39, 0.29) is 6.61 Å². The Bertz CT molecular complexity index is 1040. The zero-order chi connectivity index (χ0) is 20.6. The van der Waals surface area contributed by atoms with Gasteiger partial charge >= 0.3 is 5.97 Å². The molecule has 0 aliphatic rings. The molecule has 3 aromatic rings. The van der Waals surface area contributed by atoms with Gasteiger partial charge in [0.25, 0.3) is 5.91 Å². The van der Waals surface area contributed by atoms with E-state index in [1.807, 2.05) is 0 Å². The number of carbonyl (C=O) groups is 2. The van der Waals surface area contributed by atoms with Gasteiger partial charge in [0.2, 0.25) is 0 Å². The lowest BCUT2D eigenvalue weighted by molar-refractivity contribution is -0.123. The van der Waals surface area contributed by atoms with Gasteiger partial charge in [0.15, 0.2) is 6.61 Å². The Morgan fingerprint density at radius 1 is 1.10 bits per heavy atom. The molecule has 9 heteroatoms. The van der Waals surface area contributed by atoms with Crippen LogP contribution < -0.4 is 14.9 Å². The van der Waals surface area contributed by atoms with Crippen LogP contribution in [0.25, 0.3) is 0 Å². The Morgan fingerprint density at radius 3 is 2.76 bits per heavy atom. The number of rotatable bonds is 7. The number of nitrogens with one attached hydrogen (secondary N) is 1. The highest BCUT2D eigenvalue weighted by Crippen LogP contribution is 2.27. The lowest BCUT2D eigenvalue weighted by atomic mass is 10.2. The highest BCUT2D eigenvalue weighted by molar-refractivity contribution is 7.12. The number of nitrogens with zero attached hydrogens (tertiary/aromatic N) is 1. The van der Waals surface area contributed by atoms with Crippen LogP contribution in [-0.4, -0.2) is 24.7 Å². The first-order valence-electron chi connectivity index (χ1n) is 8.27. The highest BCUT2D eigenvalue weighted by Gasteiger charge is 2.09. The van der Waals surface area contributed by atoms with E-state index in [0.717, 1.165) is 0 Å². The molecule has 0 atom stereocenters. The molecule has 0 aliphatic carbocycles. The van der Waals surface area contributed by atoms with Crippen molar-refractivity contribution < 1.29 is 19.1 Å². The number of hydrazone groups is 1. The quantitative estimate of drug-likeness (QED) is 0.243. The van der Waals surface area contributed by atoms with Crippen molar-refractivity contribution in [3.05, 3.63) is 80.5 Å². The molecule has 6 nitrogen and oxygen atoms in total. The molecule has 1 N–H and O–H groups in total. The second kappa shape index (κ2) is 10.1. The topological polar surface area (TPSA) is 77.0 Å². The first kappa shape index (κ1) is 20.9. The number of amides is 1. The third-order valence-corrected chi connectivity index (χ3v) is 4.84. The van der Waals surface area contributed by atoms with Gasteiger partial charge in [0, 0.05) is 11.1 Å². The number of halogens is 2. The SMILES string of the molecule is O=C(COc1cc(Cl)ccc1Cl)N/N=C/c1cccc(OC(=O)c2cccs2)c1. The predicted molar refractivity (Wildman–Crippen MR) is 113 cm³/mol. The van der Waals surface area contributed by atoms with E-state index in [0.29, 0.717) is 32.0 Å². The molecule has 29 heavy (non-hydrogen) atoms. The van der Waals surface area contributed by atoms with Crippen molar-refractivity contribution in [3.63, 3.8) is 0 Å². The van der Waals surface area contributed by atoms with E-state index >= 15 is 0 Å². The van der Waals surface area contributed by atoms with E-state index in [1.165, 1.54) is 23.6 Å². The number of hydrogen-bond acceptors (Lipinski definition) is 6. The minimum atomic E-state index is -0.474. The van der Waals surface area contributed by atoms with E-state index < -0.39 is 11.9 Å². The Labute approximate surface area is 180 Å². The van der Waals surface area contributed by atoms with Crippen LogP contribution in [0.2, 0.25) is 10.0 Å². The van der Waals surface area contributed by atoms with E-state index in [4.69, 9.17) is 32.7 Å². The van der Waals surface area contributed by atoms with Crippen molar-refractivity contribution in [1.29, 1.82) is 0 Å². The maximum Gasteiger partial charge on any atom is 0.353 e. The molecule has 0 saturated carbocycles. The fourth-order valence-electron chi connectivity index (χ4n) is 2.15.